The number of rotatable bonds is 0. The van der Waals surface area contributed by atoms with Crippen molar-refractivity contribution in [1.29, 1.82) is 0 Å². The summed E-state index contributed by atoms with van der Waals surface area (Å²) in [6, 6.07) is 0. The Kier molecular flexibility index (Phi) is 5.41. The largest absolute Gasteiger partial charge is 0.434 e. The molecule has 1 rings (SSSR count). The van der Waals surface area contributed by atoms with Gasteiger partial charge in [-0.25, -0.2) is 0 Å². The molecule has 1 aliphatic rings. The van der Waals surface area contributed by atoms with Crippen LogP contribution in [0.25, 0.3) is 0 Å². The molecule has 1 heterocycles. The molecular weight excluding hydrogens is 208 g/mol. The van der Waals surface area contributed by atoms with Gasteiger partial charge < -0.3 is 9.47 Å². The van der Waals surface area contributed by atoms with Crippen LogP contribution >= 0.6 is 0 Å². The number of esters is 2. The molecule has 1 aliphatic heterocycles. The van der Waals surface area contributed by atoms with Gasteiger partial charge in [-0.2, -0.15) is 0 Å². The normalized spacial score (nSPS) is 17.8. The van der Waals surface area contributed by atoms with Gasteiger partial charge in [-0.05, 0) is 12.2 Å². The number of carbonyl (C=O) groups is 2. The molecular formula is C12H12O4. The first-order valence-corrected chi connectivity index (χ1v) is 4.81. The van der Waals surface area contributed by atoms with Crippen molar-refractivity contribution in [3.8, 4) is 0 Å². The number of hydrogen-bond acceptors (Lipinski definition) is 4. The van der Waals surface area contributed by atoms with Gasteiger partial charge in [0.2, 0.25) is 0 Å². The summed E-state index contributed by atoms with van der Waals surface area (Å²) < 4.78 is 9.50. The van der Waals surface area contributed by atoms with E-state index < -0.39 is 0 Å². The Labute approximate surface area is 93.5 Å². The molecule has 0 amide bonds. The van der Waals surface area contributed by atoms with Gasteiger partial charge in [0.25, 0.3) is 0 Å². The molecule has 0 aromatic rings. The summed E-state index contributed by atoms with van der Waals surface area (Å²) in [6.45, 7) is 0. The summed E-state index contributed by atoms with van der Waals surface area (Å²) in [4.78, 5) is 22.1. The molecule has 0 bridgehead atoms. The molecule has 0 saturated heterocycles. The summed E-state index contributed by atoms with van der Waals surface area (Å²) in [5.41, 5.74) is 0. The minimum absolute atomic E-state index is 0.173. The van der Waals surface area contributed by atoms with Gasteiger partial charge in [-0.3, -0.25) is 9.59 Å². The molecule has 16 heavy (non-hydrogen) atoms. The maximum Gasteiger partial charge on any atom is 0.314 e. The second kappa shape index (κ2) is 7.23. The van der Waals surface area contributed by atoms with Crippen LogP contribution in [0.3, 0.4) is 0 Å². The van der Waals surface area contributed by atoms with Crippen LogP contribution in [-0.4, -0.2) is 11.9 Å². The third-order valence-corrected chi connectivity index (χ3v) is 1.62. The zero-order valence-electron chi connectivity index (χ0n) is 8.67. The van der Waals surface area contributed by atoms with Crippen LogP contribution in [0, 0.1) is 0 Å². The van der Waals surface area contributed by atoms with Gasteiger partial charge in [0.1, 0.15) is 0 Å². The smallest absolute Gasteiger partial charge is 0.314 e. The number of carbonyl (C=O) groups excluding carboxylic acids is 2. The van der Waals surface area contributed by atoms with E-state index in [0.717, 1.165) is 0 Å². The van der Waals surface area contributed by atoms with Crippen LogP contribution < -0.4 is 0 Å². The van der Waals surface area contributed by atoms with E-state index in [-0.39, 0.29) is 24.8 Å². The SMILES string of the molecule is O=C1CC=CC=COC(=O)CC=CC=CO1. The van der Waals surface area contributed by atoms with Crippen molar-refractivity contribution in [2.45, 2.75) is 12.8 Å². The Morgan fingerprint density at radius 3 is 1.62 bits per heavy atom. The molecule has 0 radical (unpaired) electrons. The predicted molar refractivity (Wildman–Crippen MR) is 58.0 cm³/mol. The Morgan fingerprint density at radius 2 is 1.19 bits per heavy atom. The van der Waals surface area contributed by atoms with Gasteiger partial charge in [0.15, 0.2) is 0 Å². The zero-order chi connectivity index (χ0) is 11.6. The fourth-order valence-electron chi connectivity index (χ4n) is 0.903. The van der Waals surface area contributed by atoms with E-state index in [9.17, 15) is 9.59 Å². The van der Waals surface area contributed by atoms with Crippen LogP contribution in [0.5, 0.6) is 0 Å². The third-order valence-electron chi connectivity index (χ3n) is 1.62. The van der Waals surface area contributed by atoms with Crippen LogP contribution in [0.2, 0.25) is 0 Å². The molecule has 0 unspecified atom stereocenters. The molecule has 0 aromatic carbocycles. The van der Waals surface area contributed by atoms with Crippen molar-refractivity contribution in [2.24, 2.45) is 0 Å². The monoisotopic (exact) mass is 220 g/mol. The topological polar surface area (TPSA) is 52.6 Å². The molecule has 0 atom stereocenters. The summed E-state index contributed by atoms with van der Waals surface area (Å²) in [6.07, 6.45) is 12.4. The highest BCUT2D eigenvalue weighted by atomic mass is 16.5. The molecule has 4 heteroatoms. The van der Waals surface area contributed by atoms with Crippen LogP contribution in [0.4, 0.5) is 0 Å². The third kappa shape index (κ3) is 5.59. The molecule has 0 saturated carbocycles. The van der Waals surface area contributed by atoms with Gasteiger partial charge in [-0.15, -0.1) is 0 Å². The van der Waals surface area contributed by atoms with Gasteiger partial charge in [0, 0.05) is 0 Å². The lowest BCUT2D eigenvalue weighted by Crippen LogP contribution is -1.97. The molecule has 0 aromatic heterocycles. The number of ether oxygens (including phenoxy) is 2. The summed E-state index contributed by atoms with van der Waals surface area (Å²) >= 11 is 0. The van der Waals surface area contributed by atoms with Crippen molar-refractivity contribution < 1.29 is 19.1 Å². The molecule has 0 fully saturated rings. The summed E-state index contributed by atoms with van der Waals surface area (Å²) in [7, 11) is 0. The maximum atomic E-state index is 11.0. The first kappa shape index (κ1) is 12.0. The minimum Gasteiger partial charge on any atom is -0.434 e. The van der Waals surface area contributed by atoms with E-state index in [0.29, 0.717) is 0 Å². The summed E-state index contributed by atoms with van der Waals surface area (Å²) in [5.74, 6) is -0.688. The lowest BCUT2D eigenvalue weighted by molar-refractivity contribution is -0.138. The van der Waals surface area contributed by atoms with E-state index >= 15 is 0 Å². The highest BCUT2D eigenvalue weighted by Gasteiger charge is 1.96. The Balaban J connectivity index is 2.59. The fraction of sp³-hybridized carbons (Fsp3) is 0.167. The Morgan fingerprint density at radius 1 is 0.750 bits per heavy atom. The minimum atomic E-state index is -0.344. The quantitative estimate of drug-likeness (QED) is 0.586. The van der Waals surface area contributed by atoms with Crippen LogP contribution in [0.1, 0.15) is 12.8 Å². The highest BCUT2D eigenvalue weighted by Crippen LogP contribution is 1.95. The molecule has 0 N–H and O–H groups in total. The second-order valence-corrected chi connectivity index (χ2v) is 2.90. The number of hydrogen-bond donors (Lipinski definition) is 0. The van der Waals surface area contributed by atoms with E-state index in [1.165, 1.54) is 24.7 Å². The molecule has 0 aliphatic carbocycles. The standard InChI is InChI=1S/C12H12O4/c13-11-7-3-1-5-9-15-12(14)8-4-2-6-10-16-11/h1-6,9-10H,7-8H2. The van der Waals surface area contributed by atoms with Gasteiger partial charge in [-0.1, -0.05) is 24.3 Å². The Bertz CT molecular complexity index is 293. The lowest BCUT2D eigenvalue weighted by Gasteiger charge is -1.95. The summed E-state index contributed by atoms with van der Waals surface area (Å²) in [5, 5.41) is 0. The van der Waals surface area contributed by atoms with E-state index in [1.54, 1.807) is 24.3 Å². The van der Waals surface area contributed by atoms with Crippen molar-refractivity contribution >= 4 is 11.9 Å². The van der Waals surface area contributed by atoms with E-state index in [1.807, 2.05) is 0 Å². The average molecular weight is 220 g/mol. The first-order valence-electron chi connectivity index (χ1n) is 4.81. The Hall–Kier alpha value is -2.10. The van der Waals surface area contributed by atoms with Crippen molar-refractivity contribution in [3.63, 3.8) is 0 Å². The maximum absolute atomic E-state index is 11.0. The zero-order valence-corrected chi connectivity index (χ0v) is 8.67. The van der Waals surface area contributed by atoms with Gasteiger partial charge in [0.05, 0.1) is 25.4 Å². The van der Waals surface area contributed by atoms with Crippen LogP contribution in [0.15, 0.2) is 49.0 Å². The predicted octanol–water partition coefficient (Wildman–Crippen LogP) is 2.01. The second-order valence-electron chi connectivity index (χ2n) is 2.90. The van der Waals surface area contributed by atoms with Crippen molar-refractivity contribution in [2.75, 3.05) is 0 Å². The first-order chi connectivity index (χ1) is 7.79. The highest BCUT2D eigenvalue weighted by molar-refractivity contribution is 5.72. The fourth-order valence-corrected chi connectivity index (χ4v) is 0.903. The van der Waals surface area contributed by atoms with Crippen molar-refractivity contribution in [1.82, 2.24) is 0 Å². The average Bonchev–Trinajstić information content (AvgIpc) is 2.27. The lowest BCUT2D eigenvalue weighted by atomic mass is 10.3. The van der Waals surface area contributed by atoms with E-state index in [4.69, 9.17) is 9.47 Å². The number of allylic oxidation sites excluding steroid dienone is 4. The molecule has 84 valence electrons. The molecule has 4 nitrogen and oxygen atoms in total. The van der Waals surface area contributed by atoms with Gasteiger partial charge >= 0.3 is 11.9 Å². The molecule has 0 spiro atoms. The van der Waals surface area contributed by atoms with Crippen molar-refractivity contribution in [3.05, 3.63) is 49.0 Å². The number of cyclic esters (lactones) is 2. The van der Waals surface area contributed by atoms with Crippen LogP contribution in [-0.2, 0) is 19.1 Å². The van der Waals surface area contributed by atoms with E-state index in [2.05, 4.69) is 0 Å².